The lowest BCUT2D eigenvalue weighted by Crippen LogP contribution is -2.38. The van der Waals surface area contributed by atoms with Gasteiger partial charge in [0.15, 0.2) is 0 Å². The van der Waals surface area contributed by atoms with Crippen LogP contribution in [0, 0.1) is 20.8 Å². The summed E-state index contributed by atoms with van der Waals surface area (Å²) in [5.41, 5.74) is 4.70. The van der Waals surface area contributed by atoms with Crippen LogP contribution >= 0.6 is 0 Å². The zero-order chi connectivity index (χ0) is 17.7. The van der Waals surface area contributed by atoms with Gasteiger partial charge in [0, 0.05) is 31.3 Å². The van der Waals surface area contributed by atoms with Gasteiger partial charge in [-0.25, -0.2) is 0 Å². The van der Waals surface area contributed by atoms with Crippen LogP contribution in [-0.4, -0.2) is 24.9 Å². The van der Waals surface area contributed by atoms with Crippen LogP contribution in [0.25, 0.3) is 0 Å². The van der Waals surface area contributed by atoms with E-state index in [1.165, 1.54) is 0 Å². The van der Waals surface area contributed by atoms with E-state index in [1.807, 2.05) is 51.1 Å². The van der Waals surface area contributed by atoms with Crippen molar-refractivity contribution in [1.82, 2.24) is 5.32 Å². The largest absolute Gasteiger partial charge is 0.350 e. The lowest BCUT2D eigenvalue weighted by atomic mass is 10.1. The molecule has 0 aliphatic carbocycles. The van der Waals surface area contributed by atoms with Crippen LogP contribution in [0.1, 0.15) is 34.0 Å². The van der Waals surface area contributed by atoms with Crippen LogP contribution < -0.4 is 10.2 Å². The number of benzene rings is 2. The SMILES string of the molecule is CC(=O)N(CCNC(=O)c1ccccc1C)c1ccc(C)cc1C. The third-order valence-electron chi connectivity index (χ3n) is 4.03. The van der Waals surface area contributed by atoms with Gasteiger partial charge in [-0.05, 0) is 44.0 Å². The van der Waals surface area contributed by atoms with Crippen molar-refractivity contribution in [2.45, 2.75) is 27.7 Å². The summed E-state index contributed by atoms with van der Waals surface area (Å²) in [5.74, 6) is -0.149. The maximum Gasteiger partial charge on any atom is 0.251 e. The molecule has 0 fully saturated rings. The molecular weight excluding hydrogens is 300 g/mol. The average Bonchev–Trinajstić information content (AvgIpc) is 2.52. The summed E-state index contributed by atoms with van der Waals surface area (Å²) in [6, 6.07) is 13.5. The zero-order valence-corrected chi connectivity index (χ0v) is 14.7. The number of nitrogens with zero attached hydrogens (tertiary/aromatic N) is 1. The lowest BCUT2D eigenvalue weighted by molar-refractivity contribution is -0.116. The molecule has 4 heteroatoms. The van der Waals surface area contributed by atoms with Crippen LogP contribution in [0.5, 0.6) is 0 Å². The highest BCUT2D eigenvalue weighted by Crippen LogP contribution is 2.21. The molecule has 0 saturated carbocycles. The Bertz CT molecular complexity index is 753. The second kappa shape index (κ2) is 7.77. The molecule has 1 N–H and O–H groups in total. The van der Waals surface area contributed by atoms with Gasteiger partial charge in [-0.1, -0.05) is 35.9 Å². The van der Waals surface area contributed by atoms with E-state index < -0.39 is 0 Å². The molecule has 0 saturated heterocycles. The summed E-state index contributed by atoms with van der Waals surface area (Å²) in [4.78, 5) is 25.9. The maximum atomic E-state index is 12.3. The van der Waals surface area contributed by atoms with Gasteiger partial charge in [-0.2, -0.15) is 0 Å². The van der Waals surface area contributed by atoms with Gasteiger partial charge in [0.2, 0.25) is 5.91 Å². The van der Waals surface area contributed by atoms with Crippen molar-refractivity contribution in [3.63, 3.8) is 0 Å². The quantitative estimate of drug-likeness (QED) is 0.916. The molecule has 4 nitrogen and oxygen atoms in total. The molecule has 2 rings (SSSR count). The van der Waals surface area contributed by atoms with Crippen LogP contribution in [0.15, 0.2) is 42.5 Å². The van der Waals surface area contributed by atoms with Crippen LogP contribution in [0.3, 0.4) is 0 Å². The van der Waals surface area contributed by atoms with Crippen LogP contribution in [-0.2, 0) is 4.79 Å². The van der Waals surface area contributed by atoms with E-state index >= 15 is 0 Å². The molecule has 0 aromatic heterocycles. The minimum Gasteiger partial charge on any atom is -0.350 e. The highest BCUT2D eigenvalue weighted by atomic mass is 16.2. The Morgan fingerprint density at radius 2 is 1.71 bits per heavy atom. The van der Waals surface area contributed by atoms with Crippen molar-refractivity contribution in [2.24, 2.45) is 0 Å². The van der Waals surface area contributed by atoms with Crippen molar-refractivity contribution in [1.29, 1.82) is 0 Å². The molecule has 126 valence electrons. The monoisotopic (exact) mass is 324 g/mol. The van der Waals surface area contributed by atoms with Gasteiger partial charge >= 0.3 is 0 Å². The normalized spacial score (nSPS) is 10.3. The standard InChI is InChI=1S/C20H24N2O2/c1-14-9-10-19(16(3)13-14)22(17(4)23)12-11-21-20(24)18-8-6-5-7-15(18)2/h5-10,13H,11-12H2,1-4H3,(H,21,24). The third kappa shape index (κ3) is 4.22. The zero-order valence-electron chi connectivity index (χ0n) is 14.7. The average molecular weight is 324 g/mol. The fourth-order valence-corrected chi connectivity index (χ4v) is 2.76. The number of carbonyl (C=O) groups excluding carboxylic acids is 2. The maximum absolute atomic E-state index is 12.3. The Balaban J connectivity index is 2.04. The lowest BCUT2D eigenvalue weighted by Gasteiger charge is -2.23. The second-order valence-corrected chi connectivity index (χ2v) is 6.03. The topological polar surface area (TPSA) is 49.4 Å². The molecule has 0 spiro atoms. The van der Waals surface area contributed by atoms with Gasteiger partial charge in [0.25, 0.3) is 5.91 Å². The van der Waals surface area contributed by atoms with E-state index in [0.717, 1.165) is 22.4 Å². The highest BCUT2D eigenvalue weighted by molar-refractivity contribution is 5.96. The van der Waals surface area contributed by atoms with Crippen molar-refractivity contribution >= 4 is 17.5 Å². The summed E-state index contributed by atoms with van der Waals surface area (Å²) in [6.07, 6.45) is 0. The highest BCUT2D eigenvalue weighted by Gasteiger charge is 2.14. The van der Waals surface area contributed by atoms with E-state index in [1.54, 1.807) is 17.9 Å². The smallest absolute Gasteiger partial charge is 0.251 e. The Labute approximate surface area is 143 Å². The first-order valence-corrected chi connectivity index (χ1v) is 8.09. The Morgan fingerprint density at radius 1 is 1.00 bits per heavy atom. The van der Waals surface area contributed by atoms with Crippen molar-refractivity contribution < 1.29 is 9.59 Å². The van der Waals surface area contributed by atoms with Crippen molar-refractivity contribution in [2.75, 3.05) is 18.0 Å². The summed E-state index contributed by atoms with van der Waals surface area (Å²) in [6.45, 7) is 8.31. The summed E-state index contributed by atoms with van der Waals surface area (Å²) < 4.78 is 0. The fraction of sp³-hybridized carbons (Fsp3) is 0.300. The van der Waals surface area contributed by atoms with E-state index in [9.17, 15) is 9.59 Å². The summed E-state index contributed by atoms with van der Waals surface area (Å²) in [5, 5.41) is 2.89. The van der Waals surface area contributed by atoms with E-state index in [2.05, 4.69) is 11.4 Å². The van der Waals surface area contributed by atoms with Crippen LogP contribution in [0.4, 0.5) is 5.69 Å². The summed E-state index contributed by atoms with van der Waals surface area (Å²) >= 11 is 0. The first-order valence-electron chi connectivity index (χ1n) is 8.09. The number of hydrogen-bond donors (Lipinski definition) is 1. The van der Waals surface area contributed by atoms with Gasteiger partial charge in [-0.3, -0.25) is 9.59 Å². The van der Waals surface area contributed by atoms with Gasteiger partial charge in [0.1, 0.15) is 0 Å². The third-order valence-corrected chi connectivity index (χ3v) is 4.03. The number of anilines is 1. The molecule has 0 radical (unpaired) electrons. The molecule has 0 heterocycles. The molecular formula is C20H24N2O2. The Kier molecular flexibility index (Phi) is 5.74. The van der Waals surface area contributed by atoms with Gasteiger partial charge in [-0.15, -0.1) is 0 Å². The molecule has 0 bridgehead atoms. The number of rotatable bonds is 5. The number of aryl methyl sites for hydroxylation is 3. The number of hydrogen-bond acceptors (Lipinski definition) is 2. The predicted octanol–water partition coefficient (Wildman–Crippen LogP) is 3.39. The molecule has 2 amide bonds. The molecule has 0 atom stereocenters. The predicted molar refractivity (Wildman–Crippen MR) is 97.5 cm³/mol. The molecule has 2 aromatic rings. The van der Waals surface area contributed by atoms with Crippen LogP contribution in [0.2, 0.25) is 0 Å². The number of carbonyl (C=O) groups is 2. The van der Waals surface area contributed by atoms with E-state index in [4.69, 9.17) is 0 Å². The van der Waals surface area contributed by atoms with E-state index in [0.29, 0.717) is 18.7 Å². The molecule has 0 unspecified atom stereocenters. The minimum absolute atomic E-state index is 0.0351. The number of amides is 2. The molecule has 0 aliphatic rings. The van der Waals surface area contributed by atoms with Gasteiger partial charge < -0.3 is 10.2 Å². The minimum atomic E-state index is -0.114. The first kappa shape index (κ1) is 17.7. The Hall–Kier alpha value is -2.62. The molecule has 24 heavy (non-hydrogen) atoms. The Morgan fingerprint density at radius 3 is 2.33 bits per heavy atom. The fourth-order valence-electron chi connectivity index (χ4n) is 2.76. The molecule has 2 aromatic carbocycles. The van der Waals surface area contributed by atoms with Crippen molar-refractivity contribution in [3.8, 4) is 0 Å². The van der Waals surface area contributed by atoms with E-state index in [-0.39, 0.29) is 11.8 Å². The first-order chi connectivity index (χ1) is 11.4. The van der Waals surface area contributed by atoms with Gasteiger partial charge in [0.05, 0.1) is 0 Å². The molecule has 0 aliphatic heterocycles. The second-order valence-electron chi connectivity index (χ2n) is 6.03. The summed E-state index contributed by atoms with van der Waals surface area (Å²) in [7, 11) is 0. The van der Waals surface area contributed by atoms with Crippen molar-refractivity contribution in [3.05, 3.63) is 64.7 Å². The number of nitrogens with one attached hydrogen (secondary N) is 1.